The summed E-state index contributed by atoms with van der Waals surface area (Å²) >= 11 is 12.2. The van der Waals surface area contributed by atoms with Crippen LogP contribution >= 0.6 is 23.2 Å². The number of aromatic nitrogens is 2. The number of nitrogen functional groups attached to an aromatic ring is 1. The van der Waals surface area contributed by atoms with Crippen LogP contribution < -0.4 is 5.73 Å². The molecule has 0 fully saturated rings. The standard InChI is InChI=1S/C16H11Cl2N5/c17-10-6-7-12(13(18)8-10)15-14(9-20-16(19)21-15)23-22-11-4-2-1-3-5-11/h1-9H,(H2,19,20,21). The molecule has 23 heavy (non-hydrogen) atoms. The summed E-state index contributed by atoms with van der Waals surface area (Å²) in [4.78, 5) is 8.20. The van der Waals surface area contributed by atoms with E-state index < -0.39 is 0 Å². The Morgan fingerprint density at radius 1 is 0.957 bits per heavy atom. The Kier molecular flexibility index (Phi) is 4.50. The van der Waals surface area contributed by atoms with Crippen molar-refractivity contribution in [2.45, 2.75) is 0 Å². The van der Waals surface area contributed by atoms with Gasteiger partial charge in [-0.1, -0.05) is 41.4 Å². The molecule has 1 aromatic heterocycles. The molecule has 0 aliphatic rings. The second-order valence-electron chi connectivity index (χ2n) is 4.62. The predicted octanol–water partition coefficient (Wildman–Crippen LogP) is 5.45. The zero-order valence-corrected chi connectivity index (χ0v) is 13.3. The molecule has 0 saturated carbocycles. The van der Waals surface area contributed by atoms with E-state index >= 15 is 0 Å². The molecule has 0 radical (unpaired) electrons. The van der Waals surface area contributed by atoms with E-state index in [0.717, 1.165) is 5.69 Å². The van der Waals surface area contributed by atoms with Crippen molar-refractivity contribution in [3.8, 4) is 11.3 Å². The number of halogens is 2. The number of rotatable bonds is 3. The molecule has 0 aliphatic heterocycles. The first-order chi connectivity index (χ1) is 11.1. The zero-order valence-electron chi connectivity index (χ0n) is 11.8. The SMILES string of the molecule is Nc1ncc(N=Nc2ccccc2)c(-c2ccc(Cl)cc2Cl)n1. The highest BCUT2D eigenvalue weighted by atomic mass is 35.5. The van der Waals surface area contributed by atoms with Gasteiger partial charge in [0.1, 0.15) is 11.4 Å². The fourth-order valence-corrected chi connectivity index (χ4v) is 2.45. The van der Waals surface area contributed by atoms with E-state index in [4.69, 9.17) is 28.9 Å². The highest BCUT2D eigenvalue weighted by Gasteiger charge is 2.12. The molecule has 7 heteroatoms. The number of hydrogen-bond donors (Lipinski definition) is 1. The van der Waals surface area contributed by atoms with Crippen LogP contribution in [-0.4, -0.2) is 9.97 Å². The quantitative estimate of drug-likeness (QED) is 0.642. The van der Waals surface area contributed by atoms with Gasteiger partial charge in [0.25, 0.3) is 0 Å². The number of nitrogens with two attached hydrogens (primary N) is 1. The van der Waals surface area contributed by atoms with E-state index in [0.29, 0.717) is 27.0 Å². The first-order valence-electron chi connectivity index (χ1n) is 6.68. The second-order valence-corrected chi connectivity index (χ2v) is 5.47. The maximum Gasteiger partial charge on any atom is 0.220 e. The summed E-state index contributed by atoms with van der Waals surface area (Å²) < 4.78 is 0. The molecule has 0 amide bonds. The number of nitrogens with zero attached hydrogens (tertiary/aromatic N) is 4. The largest absolute Gasteiger partial charge is 0.368 e. The minimum atomic E-state index is 0.129. The van der Waals surface area contributed by atoms with Gasteiger partial charge in [-0.15, -0.1) is 5.11 Å². The van der Waals surface area contributed by atoms with Gasteiger partial charge >= 0.3 is 0 Å². The van der Waals surface area contributed by atoms with Gasteiger partial charge in [-0.25, -0.2) is 9.97 Å². The van der Waals surface area contributed by atoms with Crippen molar-refractivity contribution in [2.24, 2.45) is 10.2 Å². The minimum absolute atomic E-state index is 0.129. The van der Waals surface area contributed by atoms with Crippen molar-refractivity contribution >= 4 is 40.5 Å². The smallest absolute Gasteiger partial charge is 0.220 e. The highest BCUT2D eigenvalue weighted by molar-refractivity contribution is 6.36. The lowest BCUT2D eigenvalue weighted by atomic mass is 10.1. The van der Waals surface area contributed by atoms with Crippen molar-refractivity contribution in [2.75, 3.05) is 5.73 Å². The minimum Gasteiger partial charge on any atom is -0.368 e. The van der Waals surface area contributed by atoms with Crippen LogP contribution in [0, 0.1) is 0 Å². The third-order valence-electron chi connectivity index (χ3n) is 3.00. The maximum atomic E-state index is 6.25. The fraction of sp³-hybridized carbons (Fsp3) is 0. The molecule has 2 aromatic carbocycles. The van der Waals surface area contributed by atoms with Gasteiger partial charge in [0, 0.05) is 10.6 Å². The van der Waals surface area contributed by atoms with Crippen molar-refractivity contribution in [3.05, 3.63) is 64.8 Å². The first-order valence-corrected chi connectivity index (χ1v) is 7.44. The highest BCUT2D eigenvalue weighted by Crippen LogP contribution is 2.35. The van der Waals surface area contributed by atoms with Crippen LogP contribution in [0.4, 0.5) is 17.3 Å². The Morgan fingerprint density at radius 3 is 2.48 bits per heavy atom. The second kappa shape index (κ2) is 6.73. The Morgan fingerprint density at radius 2 is 1.74 bits per heavy atom. The van der Waals surface area contributed by atoms with Crippen LogP contribution in [0.2, 0.25) is 10.0 Å². The van der Waals surface area contributed by atoms with E-state index in [-0.39, 0.29) is 5.95 Å². The molecular weight excluding hydrogens is 333 g/mol. The number of hydrogen-bond acceptors (Lipinski definition) is 5. The topological polar surface area (TPSA) is 76.5 Å². The molecule has 114 valence electrons. The molecule has 5 nitrogen and oxygen atoms in total. The Balaban J connectivity index is 2.06. The Bertz CT molecular complexity index is 866. The predicted molar refractivity (Wildman–Crippen MR) is 92.5 cm³/mol. The molecule has 0 atom stereocenters. The Labute approximate surface area is 142 Å². The molecule has 2 N–H and O–H groups in total. The van der Waals surface area contributed by atoms with Gasteiger partial charge in [0.05, 0.1) is 16.9 Å². The van der Waals surface area contributed by atoms with Crippen molar-refractivity contribution in [1.29, 1.82) is 0 Å². The monoisotopic (exact) mass is 343 g/mol. The van der Waals surface area contributed by atoms with Crippen LogP contribution in [0.3, 0.4) is 0 Å². The zero-order chi connectivity index (χ0) is 16.2. The van der Waals surface area contributed by atoms with E-state index in [2.05, 4.69) is 20.2 Å². The van der Waals surface area contributed by atoms with Gasteiger partial charge < -0.3 is 5.73 Å². The molecule has 3 aromatic rings. The van der Waals surface area contributed by atoms with Crippen molar-refractivity contribution in [1.82, 2.24) is 9.97 Å². The van der Waals surface area contributed by atoms with Gasteiger partial charge in [-0.3, -0.25) is 0 Å². The van der Waals surface area contributed by atoms with Crippen molar-refractivity contribution < 1.29 is 0 Å². The lowest BCUT2D eigenvalue weighted by molar-refractivity contribution is 1.14. The van der Waals surface area contributed by atoms with Crippen LogP contribution in [0.15, 0.2) is 65.0 Å². The van der Waals surface area contributed by atoms with Gasteiger partial charge in [0.15, 0.2) is 0 Å². The molecule has 0 bridgehead atoms. The van der Waals surface area contributed by atoms with Crippen LogP contribution in [0.1, 0.15) is 0 Å². The average molecular weight is 344 g/mol. The molecule has 0 spiro atoms. The third kappa shape index (κ3) is 3.64. The van der Waals surface area contributed by atoms with Gasteiger partial charge in [0.2, 0.25) is 5.95 Å². The molecule has 3 rings (SSSR count). The van der Waals surface area contributed by atoms with Crippen LogP contribution in [0.5, 0.6) is 0 Å². The Hall–Kier alpha value is -2.50. The molecule has 0 saturated heterocycles. The summed E-state index contributed by atoms with van der Waals surface area (Å²) in [6.07, 6.45) is 1.51. The van der Waals surface area contributed by atoms with Gasteiger partial charge in [-0.05, 0) is 30.3 Å². The van der Waals surface area contributed by atoms with E-state index in [1.807, 2.05) is 30.3 Å². The molecule has 0 unspecified atom stereocenters. The molecular formula is C16H11Cl2N5. The summed E-state index contributed by atoms with van der Waals surface area (Å²) in [5, 5.41) is 9.37. The fourth-order valence-electron chi connectivity index (χ4n) is 1.95. The number of azo groups is 1. The number of anilines is 1. The summed E-state index contributed by atoms with van der Waals surface area (Å²) in [5.41, 5.74) is 8.03. The lowest BCUT2D eigenvalue weighted by Crippen LogP contribution is -1.96. The third-order valence-corrected chi connectivity index (χ3v) is 3.55. The normalized spacial score (nSPS) is 11.0. The van der Waals surface area contributed by atoms with Gasteiger partial charge in [-0.2, -0.15) is 5.11 Å². The van der Waals surface area contributed by atoms with E-state index in [1.54, 1.807) is 18.2 Å². The first kappa shape index (κ1) is 15.4. The van der Waals surface area contributed by atoms with Crippen LogP contribution in [0.25, 0.3) is 11.3 Å². The maximum absolute atomic E-state index is 6.25. The van der Waals surface area contributed by atoms with E-state index in [9.17, 15) is 0 Å². The van der Waals surface area contributed by atoms with E-state index in [1.165, 1.54) is 6.20 Å². The summed E-state index contributed by atoms with van der Waals surface area (Å²) in [7, 11) is 0. The average Bonchev–Trinajstić information content (AvgIpc) is 2.55. The summed E-state index contributed by atoms with van der Waals surface area (Å²) in [5.74, 6) is 0.129. The van der Waals surface area contributed by atoms with Crippen molar-refractivity contribution in [3.63, 3.8) is 0 Å². The van der Waals surface area contributed by atoms with Crippen LogP contribution in [-0.2, 0) is 0 Å². The summed E-state index contributed by atoms with van der Waals surface area (Å²) in [6.45, 7) is 0. The number of benzene rings is 2. The lowest BCUT2D eigenvalue weighted by Gasteiger charge is -2.07. The molecule has 1 heterocycles. The summed E-state index contributed by atoms with van der Waals surface area (Å²) in [6, 6.07) is 14.5. The molecule has 0 aliphatic carbocycles.